The van der Waals surface area contributed by atoms with Gasteiger partial charge in [0, 0.05) is 13.1 Å². The fourth-order valence-electron chi connectivity index (χ4n) is 2.88. The number of rotatable bonds is 8. The lowest BCUT2D eigenvalue weighted by Gasteiger charge is -2.30. The molecule has 0 aliphatic carbocycles. The third-order valence-electron chi connectivity index (χ3n) is 4.27. The van der Waals surface area contributed by atoms with Crippen LogP contribution in [0.1, 0.15) is 31.4 Å². The molecule has 0 saturated carbocycles. The summed E-state index contributed by atoms with van der Waals surface area (Å²) in [6.45, 7) is 4.31. The lowest BCUT2D eigenvalue weighted by molar-refractivity contribution is -0.140. The van der Waals surface area contributed by atoms with E-state index >= 15 is 0 Å². The van der Waals surface area contributed by atoms with E-state index in [9.17, 15) is 18.4 Å². The van der Waals surface area contributed by atoms with Crippen LogP contribution in [-0.2, 0) is 22.6 Å². The topological polar surface area (TPSA) is 49.4 Å². The van der Waals surface area contributed by atoms with Gasteiger partial charge in [-0.25, -0.2) is 8.78 Å². The summed E-state index contributed by atoms with van der Waals surface area (Å²) in [6, 6.07) is 10.9. The quantitative estimate of drug-likeness (QED) is 0.769. The maximum absolute atomic E-state index is 13.2. The Morgan fingerprint density at radius 1 is 0.926 bits per heavy atom. The van der Waals surface area contributed by atoms with Gasteiger partial charge in [0.15, 0.2) is 0 Å². The van der Waals surface area contributed by atoms with Gasteiger partial charge < -0.3 is 10.2 Å². The van der Waals surface area contributed by atoms with Crippen molar-refractivity contribution in [3.8, 4) is 0 Å². The van der Waals surface area contributed by atoms with Gasteiger partial charge in [0.2, 0.25) is 11.8 Å². The number of likely N-dealkylation sites (N-methyl/N-ethyl adjacent to an activating group) is 1. The van der Waals surface area contributed by atoms with Crippen molar-refractivity contribution in [1.82, 2.24) is 10.2 Å². The largest absolute Gasteiger partial charge is 0.355 e. The van der Waals surface area contributed by atoms with Crippen molar-refractivity contribution in [3.63, 3.8) is 0 Å². The Morgan fingerprint density at radius 2 is 1.44 bits per heavy atom. The number of nitrogens with zero attached hydrogens (tertiary/aromatic N) is 1. The van der Waals surface area contributed by atoms with E-state index in [4.69, 9.17) is 0 Å². The van der Waals surface area contributed by atoms with Crippen LogP contribution in [0.15, 0.2) is 48.5 Å². The normalized spacial score (nSPS) is 11.7. The molecule has 0 bridgehead atoms. The monoisotopic (exact) mass is 374 g/mol. The zero-order valence-electron chi connectivity index (χ0n) is 15.5. The molecule has 1 N–H and O–H groups in total. The first-order valence-corrected chi connectivity index (χ1v) is 9.00. The van der Waals surface area contributed by atoms with Gasteiger partial charge in [0.1, 0.15) is 17.7 Å². The van der Waals surface area contributed by atoms with Crippen LogP contribution in [-0.4, -0.2) is 29.3 Å². The van der Waals surface area contributed by atoms with E-state index in [-0.39, 0.29) is 36.4 Å². The Balaban J connectivity index is 2.25. The molecule has 2 aromatic rings. The van der Waals surface area contributed by atoms with Gasteiger partial charge in [-0.05, 0) is 48.7 Å². The minimum atomic E-state index is -0.636. The molecule has 0 unspecified atom stereocenters. The molecule has 2 amide bonds. The van der Waals surface area contributed by atoms with Crippen molar-refractivity contribution >= 4 is 11.8 Å². The average molecular weight is 374 g/mol. The minimum absolute atomic E-state index is 0.0530. The highest BCUT2D eigenvalue weighted by atomic mass is 19.1. The number of hydrogen-bond donors (Lipinski definition) is 1. The van der Waals surface area contributed by atoms with E-state index in [0.717, 1.165) is 5.56 Å². The third-order valence-corrected chi connectivity index (χ3v) is 4.27. The van der Waals surface area contributed by atoms with Crippen LogP contribution in [0.3, 0.4) is 0 Å². The van der Waals surface area contributed by atoms with Crippen molar-refractivity contribution in [1.29, 1.82) is 0 Å². The SMILES string of the molecule is CCNC(=O)[C@H](CC)N(Cc1ccc(F)cc1)C(=O)Cc1ccc(F)cc1. The molecule has 2 rings (SSSR count). The highest BCUT2D eigenvalue weighted by molar-refractivity contribution is 5.88. The number of benzene rings is 2. The average Bonchev–Trinajstić information content (AvgIpc) is 2.65. The molecule has 0 heterocycles. The zero-order valence-corrected chi connectivity index (χ0v) is 15.5. The Kier molecular flexibility index (Phi) is 7.46. The molecule has 0 spiro atoms. The Hall–Kier alpha value is -2.76. The summed E-state index contributed by atoms with van der Waals surface area (Å²) in [4.78, 5) is 26.9. The van der Waals surface area contributed by atoms with E-state index in [1.165, 1.54) is 29.2 Å². The summed E-state index contributed by atoms with van der Waals surface area (Å²) >= 11 is 0. The van der Waals surface area contributed by atoms with Crippen LogP contribution in [0, 0.1) is 11.6 Å². The summed E-state index contributed by atoms with van der Waals surface area (Å²) in [6.07, 6.45) is 0.500. The smallest absolute Gasteiger partial charge is 0.242 e. The summed E-state index contributed by atoms with van der Waals surface area (Å²) in [7, 11) is 0. The molecular weight excluding hydrogens is 350 g/mol. The molecule has 27 heavy (non-hydrogen) atoms. The number of hydrogen-bond acceptors (Lipinski definition) is 2. The minimum Gasteiger partial charge on any atom is -0.355 e. The predicted octanol–water partition coefficient (Wildman–Crippen LogP) is 3.45. The van der Waals surface area contributed by atoms with Crippen molar-refractivity contribution in [2.24, 2.45) is 0 Å². The van der Waals surface area contributed by atoms with Gasteiger partial charge in [-0.1, -0.05) is 31.2 Å². The number of carbonyl (C=O) groups is 2. The second-order valence-electron chi connectivity index (χ2n) is 6.27. The first kappa shape index (κ1) is 20.6. The van der Waals surface area contributed by atoms with Crippen LogP contribution in [0.5, 0.6) is 0 Å². The molecule has 4 nitrogen and oxygen atoms in total. The molecule has 0 aromatic heterocycles. The van der Waals surface area contributed by atoms with Gasteiger partial charge in [-0.2, -0.15) is 0 Å². The Morgan fingerprint density at radius 3 is 1.93 bits per heavy atom. The predicted molar refractivity (Wildman–Crippen MR) is 99.8 cm³/mol. The molecule has 0 saturated heterocycles. The standard InChI is InChI=1S/C21H24F2N2O2/c1-3-19(21(27)24-4-2)25(14-16-7-11-18(23)12-8-16)20(26)13-15-5-9-17(22)10-6-15/h5-12,19H,3-4,13-14H2,1-2H3,(H,24,27)/t19-/m0/s1. The van der Waals surface area contributed by atoms with Crippen LogP contribution < -0.4 is 5.32 Å². The third kappa shape index (κ3) is 5.88. The maximum Gasteiger partial charge on any atom is 0.242 e. The number of nitrogens with one attached hydrogen (secondary N) is 1. The first-order valence-electron chi connectivity index (χ1n) is 9.00. The Labute approximate surface area is 158 Å². The second kappa shape index (κ2) is 9.80. The molecule has 0 fully saturated rings. The van der Waals surface area contributed by atoms with E-state index < -0.39 is 6.04 Å². The van der Waals surface area contributed by atoms with Crippen LogP contribution in [0.25, 0.3) is 0 Å². The lowest BCUT2D eigenvalue weighted by atomic mass is 10.1. The van der Waals surface area contributed by atoms with E-state index in [1.54, 1.807) is 24.3 Å². The summed E-state index contributed by atoms with van der Waals surface area (Å²) in [5.41, 5.74) is 1.39. The summed E-state index contributed by atoms with van der Waals surface area (Å²) < 4.78 is 26.3. The van der Waals surface area contributed by atoms with E-state index in [0.29, 0.717) is 18.5 Å². The Bertz CT molecular complexity index is 761. The molecule has 0 radical (unpaired) electrons. The van der Waals surface area contributed by atoms with Crippen molar-refractivity contribution < 1.29 is 18.4 Å². The number of amides is 2. The second-order valence-corrected chi connectivity index (χ2v) is 6.27. The summed E-state index contributed by atoms with van der Waals surface area (Å²) in [5, 5.41) is 2.76. The highest BCUT2D eigenvalue weighted by Gasteiger charge is 2.28. The fourth-order valence-corrected chi connectivity index (χ4v) is 2.88. The number of halogens is 2. The van der Waals surface area contributed by atoms with Gasteiger partial charge >= 0.3 is 0 Å². The van der Waals surface area contributed by atoms with Crippen LogP contribution in [0.4, 0.5) is 8.78 Å². The zero-order chi connectivity index (χ0) is 19.8. The van der Waals surface area contributed by atoms with Crippen LogP contribution >= 0.6 is 0 Å². The molecule has 0 aliphatic heterocycles. The van der Waals surface area contributed by atoms with Crippen molar-refractivity contribution in [3.05, 3.63) is 71.3 Å². The molecule has 2 aromatic carbocycles. The van der Waals surface area contributed by atoms with E-state index in [2.05, 4.69) is 5.32 Å². The molecular formula is C21H24F2N2O2. The van der Waals surface area contributed by atoms with Crippen molar-refractivity contribution in [2.75, 3.05) is 6.54 Å². The molecule has 144 valence electrons. The van der Waals surface area contributed by atoms with E-state index in [1.807, 2.05) is 13.8 Å². The van der Waals surface area contributed by atoms with Gasteiger partial charge in [0.25, 0.3) is 0 Å². The summed E-state index contributed by atoms with van der Waals surface area (Å²) in [5.74, 6) is -1.21. The fraction of sp³-hybridized carbons (Fsp3) is 0.333. The number of carbonyl (C=O) groups excluding carboxylic acids is 2. The first-order chi connectivity index (χ1) is 12.9. The van der Waals surface area contributed by atoms with Gasteiger partial charge in [-0.3, -0.25) is 9.59 Å². The van der Waals surface area contributed by atoms with Gasteiger partial charge in [0.05, 0.1) is 6.42 Å². The highest BCUT2D eigenvalue weighted by Crippen LogP contribution is 2.15. The molecule has 0 aliphatic rings. The van der Waals surface area contributed by atoms with Crippen LogP contribution in [0.2, 0.25) is 0 Å². The molecule has 6 heteroatoms. The van der Waals surface area contributed by atoms with Crippen molar-refractivity contribution in [2.45, 2.75) is 39.3 Å². The maximum atomic E-state index is 13.2. The molecule has 1 atom stereocenters. The van der Waals surface area contributed by atoms with Gasteiger partial charge in [-0.15, -0.1) is 0 Å². The lowest BCUT2D eigenvalue weighted by Crippen LogP contribution is -2.49.